The Labute approximate surface area is 120 Å². The fourth-order valence-electron chi connectivity index (χ4n) is 2.09. The number of anilines is 1. The second kappa shape index (κ2) is 6.94. The van der Waals surface area contributed by atoms with E-state index in [1.54, 1.807) is 0 Å². The van der Waals surface area contributed by atoms with Crippen molar-refractivity contribution < 1.29 is 4.74 Å². The summed E-state index contributed by atoms with van der Waals surface area (Å²) < 4.78 is 5.85. The summed E-state index contributed by atoms with van der Waals surface area (Å²) in [4.78, 5) is 4.44. The van der Waals surface area contributed by atoms with E-state index in [4.69, 9.17) is 10.5 Å². The fraction of sp³-hybridized carbons (Fsp3) is 0.353. The van der Waals surface area contributed by atoms with Crippen LogP contribution in [0, 0.1) is 0 Å². The van der Waals surface area contributed by atoms with Crippen molar-refractivity contribution in [1.82, 2.24) is 4.98 Å². The second-order valence-corrected chi connectivity index (χ2v) is 4.83. The lowest BCUT2D eigenvalue weighted by molar-refractivity contribution is 0.317. The number of aryl methyl sites for hydroxylation is 2. The summed E-state index contributed by atoms with van der Waals surface area (Å²) >= 11 is 0. The first-order valence-electron chi connectivity index (χ1n) is 7.18. The summed E-state index contributed by atoms with van der Waals surface area (Å²) in [5.74, 6) is 0.923. The number of benzene rings is 1. The van der Waals surface area contributed by atoms with Gasteiger partial charge in [-0.2, -0.15) is 0 Å². The van der Waals surface area contributed by atoms with Gasteiger partial charge in [0.2, 0.25) is 0 Å². The number of aromatic nitrogens is 1. The van der Waals surface area contributed by atoms with Crippen molar-refractivity contribution in [2.75, 3.05) is 12.3 Å². The normalized spacial score (nSPS) is 10.5. The molecule has 0 saturated carbocycles. The number of nitrogen functional groups attached to an aromatic ring is 1. The van der Waals surface area contributed by atoms with Crippen molar-refractivity contribution >= 4 is 5.69 Å². The topological polar surface area (TPSA) is 48.1 Å². The van der Waals surface area contributed by atoms with E-state index in [0.717, 1.165) is 42.0 Å². The summed E-state index contributed by atoms with van der Waals surface area (Å²) in [6.07, 6.45) is 4.70. The quantitative estimate of drug-likeness (QED) is 0.818. The molecule has 0 radical (unpaired) electrons. The predicted molar refractivity (Wildman–Crippen MR) is 83.0 cm³/mol. The molecule has 0 aliphatic rings. The van der Waals surface area contributed by atoms with E-state index in [0.29, 0.717) is 6.61 Å². The van der Waals surface area contributed by atoms with Crippen LogP contribution in [0.1, 0.15) is 30.7 Å². The highest BCUT2D eigenvalue weighted by molar-refractivity contribution is 5.47. The number of hydrogen-bond donors (Lipinski definition) is 1. The molecular weight excluding hydrogens is 248 g/mol. The number of rotatable bonds is 6. The van der Waals surface area contributed by atoms with Crippen molar-refractivity contribution in [1.29, 1.82) is 0 Å². The summed E-state index contributed by atoms with van der Waals surface area (Å²) in [7, 11) is 0. The van der Waals surface area contributed by atoms with Crippen LogP contribution in [-0.2, 0) is 19.3 Å². The monoisotopic (exact) mass is 270 g/mol. The Morgan fingerprint density at radius 1 is 1.10 bits per heavy atom. The Bertz CT molecular complexity index is 549. The first-order chi connectivity index (χ1) is 9.72. The van der Waals surface area contributed by atoms with E-state index < -0.39 is 0 Å². The minimum Gasteiger partial charge on any atom is -0.493 e. The molecule has 3 heteroatoms. The minimum atomic E-state index is 0.634. The van der Waals surface area contributed by atoms with Crippen LogP contribution in [0.2, 0.25) is 0 Å². The van der Waals surface area contributed by atoms with Crippen LogP contribution in [0.5, 0.6) is 5.75 Å². The highest BCUT2D eigenvalue weighted by Gasteiger charge is 2.03. The standard InChI is InChI=1S/C17H22N2O/c1-3-13-5-7-16(19-12-13)9-10-20-17-8-6-15(18)11-14(17)4-2/h5-8,11-12H,3-4,9-10,18H2,1-2H3. The van der Waals surface area contributed by atoms with Gasteiger partial charge in [0.1, 0.15) is 5.75 Å². The fourth-order valence-corrected chi connectivity index (χ4v) is 2.09. The minimum absolute atomic E-state index is 0.634. The molecule has 0 aliphatic heterocycles. The van der Waals surface area contributed by atoms with Crippen LogP contribution in [0.3, 0.4) is 0 Å². The van der Waals surface area contributed by atoms with Crippen molar-refractivity contribution in [3.8, 4) is 5.75 Å². The molecule has 1 aromatic carbocycles. The molecule has 2 rings (SSSR count). The molecule has 0 fully saturated rings. The molecule has 106 valence electrons. The first kappa shape index (κ1) is 14.4. The average Bonchev–Trinajstić information content (AvgIpc) is 2.49. The van der Waals surface area contributed by atoms with Crippen molar-refractivity contribution in [3.63, 3.8) is 0 Å². The second-order valence-electron chi connectivity index (χ2n) is 4.83. The molecule has 0 unspecified atom stereocenters. The molecular formula is C17H22N2O. The maximum Gasteiger partial charge on any atom is 0.122 e. The number of pyridine rings is 1. The Morgan fingerprint density at radius 2 is 1.95 bits per heavy atom. The first-order valence-corrected chi connectivity index (χ1v) is 7.18. The number of ether oxygens (including phenoxy) is 1. The van der Waals surface area contributed by atoms with E-state index in [9.17, 15) is 0 Å². The van der Waals surface area contributed by atoms with E-state index in [1.165, 1.54) is 5.56 Å². The van der Waals surface area contributed by atoms with Gasteiger partial charge in [-0.1, -0.05) is 19.9 Å². The van der Waals surface area contributed by atoms with Gasteiger partial charge < -0.3 is 10.5 Å². The molecule has 2 aromatic rings. The maximum absolute atomic E-state index is 5.85. The van der Waals surface area contributed by atoms with E-state index in [1.807, 2.05) is 24.4 Å². The summed E-state index contributed by atoms with van der Waals surface area (Å²) in [5.41, 5.74) is 10.1. The van der Waals surface area contributed by atoms with Crippen LogP contribution >= 0.6 is 0 Å². The smallest absolute Gasteiger partial charge is 0.122 e. The molecule has 1 heterocycles. The van der Waals surface area contributed by atoms with Gasteiger partial charge in [0.05, 0.1) is 6.61 Å². The van der Waals surface area contributed by atoms with Crippen LogP contribution in [0.15, 0.2) is 36.5 Å². The summed E-state index contributed by atoms with van der Waals surface area (Å²) in [6.45, 7) is 4.87. The third-order valence-corrected chi connectivity index (χ3v) is 3.38. The summed E-state index contributed by atoms with van der Waals surface area (Å²) in [6, 6.07) is 10.0. The zero-order valence-electron chi connectivity index (χ0n) is 12.2. The average molecular weight is 270 g/mol. The zero-order valence-corrected chi connectivity index (χ0v) is 12.2. The van der Waals surface area contributed by atoms with E-state index in [-0.39, 0.29) is 0 Å². The molecule has 0 bridgehead atoms. The van der Waals surface area contributed by atoms with Gasteiger partial charge in [0, 0.05) is 24.0 Å². The van der Waals surface area contributed by atoms with Gasteiger partial charge in [0.25, 0.3) is 0 Å². The summed E-state index contributed by atoms with van der Waals surface area (Å²) in [5, 5.41) is 0. The van der Waals surface area contributed by atoms with Crippen molar-refractivity contribution in [2.45, 2.75) is 33.1 Å². The van der Waals surface area contributed by atoms with Crippen LogP contribution in [0.4, 0.5) is 5.69 Å². The van der Waals surface area contributed by atoms with E-state index in [2.05, 4.69) is 31.0 Å². The highest BCUT2D eigenvalue weighted by Crippen LogP contribution is 2.22. The molecule has 0 spiro atoms. The molecule has 0 amide bonds. The van der Waals surface area contributed by atoms with Gasteiger partial charge >= 0.3 is 0 Å². The van der Waals surface area contributed by atoms with Gasteiger partial charge in [-0.3, -0.25) is 4.98 Å². The third-order valence-electron chi connectivity index (χ3n) is 3.38. The van der Waals surface area contributed by atoms with Crippen LogP contribution in [0.25, 0.3) is 0 Å². The Kier molecular flexibility index (Phi) is 4.99. The van der Waals surface area contributed by atoms with Gasteiger partial charge in [-0.05, 0) is 48.2 Å². The molecule has 0 saturated heterocycles. The highest BCUT2D eigenvalue weighted by atomic mass is 16.5. The number of nitrogens with zero attached hydrogens (tertiary/aromatic N) is 1. The molecule has 0 aliphatic carbocycles. The Morgan fingerprint density at radius 3 is 2.60 bits per heavy atom. The lowest BCUT2D eigenvalue weighted by Crippen LogP contribution is -2.05. The maximum atomic E-state index is 5.85. The van der Waals surface area contributed by atoms with Crippen molar-refractivity contribution in [3.05, 3.63) is 53.3 Å². The molecule has 0 atom stereocenters. The molecule has 2 N–H and O–H groups in total. The van der Waals surface area contributed by atoms with Crippen LogP contribution < -0.4 is 10.5 Å². The Balaban J connectivity index is 1.92. The lowest BCUT2D eigenvalue weighted by atomic mass is 10.1. The molecule has 1 aromatic heterocycles. The SMILES string of the molecule is CCc1ccc(CCOc2ccc(N)cc2CC)nc1. The third kappa shape index (κ3) is 3.73. The molecule has 3 nitrogen and oxygen atoms in total. The number of nitrogens with two attached hydrogens (primary N) is 1. The van der Waals surface area contributed by atoms with Gasteiger partial charge in [-0.15, -0.1) is 0 Å². The number of hydrogen-bond acceptors (Lipinski definition) is 3. The zero-order chi connectivity index (χ0) is 14.4. The molecule has 20 heavy (non-hydrogen) atoms. The van der Waals surface area contributed by atoms with E-state index >= 15 is 0 Å². The lowest BCUT2D eigenvalue weighted by Gasteiger charge is -2.11. The largest absolute Gasteiger partial charge is 0.493 e. The Hall–Kier alpha value is -2.03. The van der Waals surface area contributed by atoms with Crippen LogP contribution in [-0.4, -0.2) is 11.6 Å². The van der Waals surface area contributed by atoms with Gasteiger partial charge in [-0.25, -0.2) is 0 Å². The van der Waals surface area contributed by atoms with Crippen molar-refractivity contribution in [2.24, 2.45) is 0 Å². The van der Waals surface area contributed by atoms with Gasteiger partial charge in [0.15, 0.2) is 0 Å². The predicted octanol–water partition coefficient (Wildman–Crippen LogP) is 3.41.